The van der Waals surface area contributed by atoms with E-state index >= 15 is 0 Å². The average Bonchev–Trinajstić information content (AvgIpc) is 2.31. The number of nitrogens with zero attached hydrogens (tertiary/aromatic N) is 1. The Kier molecular flexibility index (Phi) is 9.25. The highest BCUT2D eigenvalue weighted by Crippen LogP contribution is 2.23. The molecular weight excluding hydrogens is 382 g/mol. The van der Waals surface area contributed by atoms with Crippen LogP contribution in [0.4, 0.5) is 0 Å². The molecular formula is C13H19Cl2IN2. The third kappa shape index (κ3) is 4.70. The van der Waals surface area contributed by atoms with Gasteiger partial charge in [-0.3, -0.25) is 4.90 Å². The molecule has 2 nitrogen and oxygen atoms in total. The molecule has 0 unspecified atom stereocenters. The normalized spacial score (nSPS) is 17.2. The predicted molar refractivity (Wildman–Crippen MR) is 91.0 cm³/mol. The summed E-state index contributed by atoms with van der Waals surface area (Å²) in [5, 5.41) is 3.38. The fraction of sp³-hybridized carbons (Fsp3) is 0.385. The summed E-state index contributed by atoms with van der Waals surface area (Å²) in [4.78, 5) is 2.48. The molecule has 5 heteroatoms. The number of benzene rings is 1. The van der Waals surface area contributed by atoms with Gasteiger partial charge in [0.2, 0.25) is 0 Å². The minimum absolute atomic E-state index is 0. The zero-order valence-electron chi connectivity index (χ0n) is 10.1. The first-order valence-corrected chi connectivity index (χ1v) is 6.72. The molecule has 1 fully saturated rings. The van der Waals surface area contributed by atoms with Crippen molar-refractivity contribution in [3.05, 3.63) is 46.1 Å². The van der Waals surface area contributed by atoms with Crippen LogP contribution in [-0.2, 0) is 0 Å². The van der Waals surface area contributed by atoms with E-state index in [2.05, 4.69) is 69.7 Å². The Morgan fingerprint density at radius 1 is 1.28 bits per heavy atom. The van der Waals surface area contributed by atoms with Crippen LogP contribution in [0.25, 0.3) is 0 Å². The lowest BCUT2D eigenvalue weighted by molar-refractivity contribution is 0.203. The first kappa shape index (κ1) is 18.2. The Bertz CT molecular complexity index is 368. The van der Waals surface area contributed by atoms with Crippen LogP contribution in [0, 0.1) is 3.57 Å². The van der Waals surface area contributed by atoms with Crippen LogP contribution in [0.15, 0.2) is 36.9 Å². The standard InChI is InChI=1S/C13H17IN2.2ClH/c1-2-13(16-8-6-15-7-9-16)11-4-3-5-12(14)10-11;;/h2-5,10,13,15H,1,6-9H2;2*1H/t13-;;/m1../s1. The van der Waals surface area contributed by atoms with E-state index < -0.39 is 0 Å². The smallest absolute Gasteiger partial charge is 0.0530 e. The highest BCUT2D eigenvalue weighted by Gasteiger charge is 2.19. The highest BCUT2D eigenvalue weighted by atomic mass is 127. The van der Waals surface area contributed by atoms with Crippen LogP contribution in [0.3, 0.4) is 0 Å². The van der Waals surface area contributed by atoms with Gasteiger partial charge in [-0.1, -0.05) is 18.2 Å². The quantitative estimate of drug-likeness (QED) is 0.618. The first-order chi connectivity index (χ1) is 7.81. The summed E-state index contributed by atoms with van der Waals surface area (Å²) in [6.45, 7) is 8.33. The van der Waals surface area contributed by atoms with Crippen LogP contribution in [0.2, 0.25) is 0 Å². The zero-order valence-corrected chi connectivity index (χ0v) is 13.9. The maximum atomic E-state index is 3.98. The molecule has 102 valence electrons. The van der Waals surface area contributed by atoms with Crippen LogP contribution >= 0.6 is 47.4 Å². The van der Waals surface area contributed by atoms with Crippen LogP contribution < -0.4 is 5.32 Å². The maximum Gasteiger partial charge on any atom is 0.0530 e. The van der Waals surface area contributed by atoms with Gasteiger partial charge in [-0.2, -0.15) is 0 Å². The maximum absolute atomic E-state index is 3.98. The molecule has 0 saturated carbocycles. The van der Waals surface area contributed by atoms with Crippen molar-refractivity contribution in [2.24, 2.45) is 0 Å². The first-order valence-electron chi connectivity index (χ1n) is 5.64. The fourth-order valence-corrected chi connectivity index (χ4v) is 2.71. The van der Waals surface area contributed by atoms with Crippen LogP contribution in [0.5, 0.6) is 0 Å². The summed E-state index contributed by atoms with van der Waals surface area (Å²) >= 11 is 2.36. The molecule has 1 aromatic rings. The molecule has 1 heterocycles. The number of hydrogen-bond donors (Lipinski definition) is 1. The molecule has 18 heavy (non-hydrogen) atoms. The summed E-state index contributed by atoms with van der Waals surface area (Å²) < 4.78 is 1.29. The van der Waals surface area contributed by atoms with Crippen molar-refractivity contribution in [1.29, 1.82) is 0 Å². The molecule has 0 bridgehead atoms. The summed E-state index contributed by atoms with van der Waals surface area (Å²) in [6, 6.07) is 9.04. The van der Waals surface area contributed by atoms with Gasteiger partial charge in [0, 0.05) is 29.7 Å². The van der Waals surface area contributed by atoms with Crippen molar-refractivity contribution in [1.82, 2.24) is 10.2 Å². The Hall–Kier alpha value is 0.190. The second kappa shape index (κ2) is 9.15. The van der Waals surface area contributed by atoms with Gasteiger partial charge in [0.05, 0.1) is 6.04 Å². The Labute approximate surface area is 135 Å². The minimum atomic E-state index is 0. The molecule has 0 amide bonds. The Morgan fingerprint density at radius 2 is 1.94 bits per heavy atom. The van der Waals surface area contributed by atoms with Crippen molar-refractivity contribution < 1.29 is 0 Å². The lowest BCUT2D eigenvalue weighted by Crippen LogP contribution is -2.44. The summed E-state index contributed by atoms with van der Waals surface area (Å²) in [7, 11) is 0. The molecule has 1 aliphatic heterocycles. The van der Waals surface area contributed by atoms with E-state index in [-0.39, 0.29) is 24.8 Å². The van der Waals surface area contributed by atoms with Crippen molar-refractivity contribution in [2.45, 2.75) is 6.04 Å². The van der Waals surface area contributed by atoms with E-state index in [0.717, 1.165) is 26.2 Å². The topological polar surface area (TPSA) is 15.3 Å². The van der Waals surface area contributed by atoms with Crippen molar-refractivity contribution in [3.63, 3.8) is 0 Å². The molecule has 0 radical (unpaired) electrons. The third-order valence-electron chi connectivity index (χ3n) is 2.96. The number of rotatable bonds is 3. The molecule has 1 saturated heterocycles. The Balaban J connectivity index is 0.00000144. The van der Waals surface area contributed by atoms with Gasteiger partial charge in [-0.05, 0) is 40.3 Å². The van der Waals surface area contributed by atoms with Gasteiger partial charge in [0.1, 0.15) is 0 Å². The second-order valence-electron chi connectivity index (χ2n) is 4.02. The predicted octanol–water partition coefficient (Wildman–Crippen LogP) is 3.27. The number of halogens is 3. The zero-order chi connectivity index (χ0) is 11.4. The van der Waals surface area contributed by atoms with Gasteiger partial charge in [0.25, 0.3) is 0 Å². The molecule has 0 spiro atoms. The van der Waals surface area contributed by atoms with Gasteiger partial charge < -0.3 is 5.32 Å². The number of nitrogens with one attached hydrogen (secondary N) is 1. The SMILES string of the molecule is C=C[C@H](c1cccc(I)c1)N1CCNCC1.Cl.Cl. The monoisotopic (exact) mass is 400 g/mol. The summed E-state index contributed by atoms with van der Waals surface area (Å²) in [5.41, 5.74) is 1.35. The van der Waals surface area contributed by atoms with Crippen molar-refractivity contribution in [3.8, 4) is 0 Å². The van der Waals surface area contributed by atoms with Crippen molar-refractivity contribution >= 4 is 47.4 Å². The molecule has 1 aliphatic rings. The second-order valence-corrected chi connectivity index (χ2v) is 5.27. The molecule has 1 aromatic carbocycles. The van der Waals surface area contributed by atoms with E-state index in [4.69, 9.17) is 0 Å². The van der Waals surface area contributed by atoms with Gasteiger partial charge >= 0.3 is 0 Å². The van der Waals surface area contributed by atoms with E-state index in [0.29, 0.717) is 6.04 Å². The summed E-state index contributed by atoms with van der Waals surface area (Å²) in [5.74, 6) is 0. The van der Waals surface area contributed by atoms with E-state index in [1.54, 1.807) is 0 Å². The molecule has 0 aliphatic carbocycles. The number of hydrogen-bond acceptors (Lipinski definition) is 2. The molecule has 1 atom stereocenters. The molecule has 2 rings (SSSR count). The van der Waals surface area contributed by atoms with E-state index in [1.807, 2.05) is 0 Å². The van der Waals surface area contributed by atoms with Crippen molar-refractivity contribution in [2.75, 3.05) is 26.2 Å². The number of piperazine rings is 1. The van der Waals surface area contributed by atoms with E-state index in [9.17, 15) is 0 Å². The fourth-order valence-electron chi connectivity index (χ4n) is 2.15. The van der Waals surface area contributed by atoms with Gasteiger partial charge in [-0.15, -0.1) is 31.4 Å². The third-order valence-corrected chi connectivity index (χ3v) is 3.63. The summed E-state index contributed by atoms with van der Waals surface area (Å²) in [6.07, 6.45) is 2.05. The molecule has 1 N–H and O–H groups in total. The Morgan fingerprint density at radius 3 is 2.50 bits per heavy atom. The van der Waals surface area contributed by atoms with Crippen LogP contribution in [0.1, 0.15) is 11.6 Å². The lowest BCUT2D eigenvalue weighted by atomic mass is 10.0. The highest BCUT2D eigenvalue weighted by molar-refractivity contribution is 14.1. The average molecular weight is 401 g/mol. The largest absolute Gasteiger partial charge is 0.314 e. The van der Waals surface area contributed by atoms with Gasteiger partial charge in [0.15, 0.2) is 0 Å². The minimum Gasteiger partial charge on any atom is -0.314 e. The molecule has 0 aromatic heterocycles. The van der Waals surface area contributed by atoms with E-state index in [1.165, 1.54) is 9.13 Å². The lowest BCUT2D eigenvalue weighted by Gasteiger charge is -2.33. The van der Waals surface area contributed by atoms with Gasteiger partial charge in [-0.25, -0.2) is 0 Å². The van der Waals surface area contributed by atoms with Crippen LogP contribution in [-0.4, -0.2) is 31.1 Å².